The molecule has 0 fully saturated rings. The monoisotopic (exact) mass is 189 g/mol. The third kappa shape index (κ3) is 16.6. The summed E-state index contributed by atoms with van der Waals surface area (Å²) in [6.45, 7) is 7.01. The van der Waals surface area contributed by atoms with E-state index in [0.717, 1.165) is 32.7 Å². The molecule has 4 N–H and O–H groups in total. The van der Waals surface area contributed by atoms with E-state index in [-0.39, 0.29) is 0 Å². The van der Waals surface area contributed by atoms with Gasteiger partial charge in [0.05, 0.1) is 0 Å². The van der Waals surface area contributed by atoms with Crippen LogP contribution in [0.3, 0.4) is 0 Å². The van der Waals surface area contributed by atoms with Crippen LogP contribution < -0.4 is 16.4 Å². The van der Waals surface area contributed by atoms with Gasteiger partial charge < -0.3 is 16.4 Å². The minimum atomic E-state index is 0.730. The van der Waals surface area contributed by atoms with Gasteiger partial charge in [0.1, 0.15) is 0 Å². The maximum absolute atomic E-state index is 8.06. The number of rotatable bonds is 7. The minimum absolute atomic E-state index is 0.730. The summed E-state index contributed by atoms with van der Waals surface area (Å²) in [6.07, 6.45) is 1.21. The van der Waals surface area contributed by atoms with Crippen molar-refractivity contribution in [3.63, 3.8) is 0 Å². The number of hydrogen-bond acceptors (Lipinski definition) is 3. The molecule has 0 heterocycles. The number of nitrogens with two attached hydrogens (primary N) is 1. The fraction of sp³-hybridized carbons (Fsp3) is 1.00. The van der Waals surface area contributed by atoms with Crippen LogP contribution in [0.1, 0.15) is 13.3 Å². The van der Waals surface area contributed by atoms with Gasteiger partial charge in [-0.1, -0.05) is 6.92 Å². The van der Waals surface area contributed by atoms with Crippen molar-refractivity contribution in [1.29, 1.82) is 0 Å². The molecule has 0 saturated carbocycles. The van der Waals surface area contributed by atoms with Gasteiger partial charge in [-0.15, -0.1) is 0 Å². The fourth-order valence-electron chi connectivity index (χ4n) is 0.706. The summed E-state index contributed by atoms with van der Waals surface area (Å²) in [5.74, 6) is 0. The molecule has 0 bridgehead atoms. The molecular formula is C7H19N3OSi. The van der Waals surface area contributed by atoms with Crippen LogP contribution >= 0.6 is 0 Å². The molecule has 0 saturated heterocycles. The summed E-state index contributed by atoms with van der Waals surface area (Å²) in [7, 11) is 1.72. The van der Waals surface area contributed by atoms with Crippen LogP contribution in [-0.4, -0.2) is 42.7 Å². The standard InChI is InChI=1S/C7H19N3.OSi/c1-2-4-9-6-7-10-5-3-8;1-2/h9-10H,2-8H2,1H3;. The molecule has 72 valence electrons. The second-order valence-corrected chi connectivity index (χ2v) is 2.29. The Morgan fingerprint density at radius 2 is 1.58 bits per heavy atom. The summed E-state index contributed by atoms with van der Waals surface area (Å²) in [4.78, 5) is 0. The van der Waals surface area contributed by atoms with Crippen molar-refractivity contribution in [2.24, 2.45) is 5.73 Å². The van der Waals surface area contributed by atoms with Gasteiger partial charge in [0.2, 0.25) is 0 Å². The maximum atomic E-state index is 8.06. The topological polar surface area (TPSA) is 70.0 Å². The predicted molar refractivity (Wildman–Crippen MR) is 51.5 cm³/mol. The summed E-state index contributed by atoms with van der Waals surface area (Å²) < 4.78 is 8.06. The molecular weight excluding hydrogens is 170 g/mol. The Kier molecular flexibility index (Phi) is 20.9. The first-order valence-corrected chi connectivity index (χ1v) is 4.64. The van der Waals surface area contributed by atoms with Crippen LogP contribution in [-0.2, 0) is 4.30 Å². The van der Waals surface area contributed by atoms with E-state index in [0.29, 0.717) is 0 Å². The van der Waals surface area contributed by atoms with Crippen LogP contribution in [0, 0.1) is 0 Å². The van der Waals surface area contributed by atoms with E-state index in [1.54, 1.807) is 9.98 Å². The molecule has 0 radical (unpaired) electrons. The molecule has 12 heavy (non-hydrogen) atoms. The normalized spacial score (nSPS) is 8.67. The fourth-order valence-corrected chi connectivity index (χ4v) is 0.706. The Morgan fingerprint density at radius 1 is 1.08 bits per heavy atom. The van der Waals surface area contributed by atoms with E-state index in [1.807, 2.05) is 0 Å². The zero-order valence-electron chi connectivity index (χ0n) is 7.73. The van der Waals surface area contributed by atoms with Crippen LogP contribution in [0.5, 0.6) is 0 Å². The van der Waals surface area contributed by atoms with Crippen molar-refractivity contribution in [3.8, 4) is 0 Å². The Hall–Kier alpha value is 0.0569. The molecule has 0 spiro atoms. The van der Waals surface area contributed by atoms with Gasteiger partial charge in [-0.2, -0.15) is 0 Å². The van der Waals surface area contributed by atoms with E-state index in [1.165, 1.54) is 6.42 Å². The Labute approximate surface area is 77.5 Å². The molecule has 0 aliphatic rings. The summed E-state index contributed by atoms with van der Waals surface area (Å²) in [5, 5.41) is 6.50. The molecule has 5 heteroatoms. The molecule has 0 aromatic carbocycles. The molecule has 0 aromatic heterocycles. The Morgan fingerprint density at radius 3 is 2.00 bits per heavy atom. The molecule has 0 rings (SSSR count). The van der Waals surface area contributed by atoms with Gasteiger partial charge in [0, 0.05) is 26.2 Å². The zero-order valence-corrected chi connectivity index (χ0v) is 8.73. The van der Waals surface area contributed by atoms with Gasteiger partial charge >= 0.3 is 14.3 Å². The van der Waals surface area contributed by atoms with E-state index in [4.69, 9.17) is 10.0 Å². The van der Waals surface area contributed by atoms with Gasteiger partial charge in [-0.25, -0.2) is 0 Å². The van der Waals surface area contributed by atoms with Crippen molar-refractivity contribution in [2.45, 2.75) is 13.3 Å². The zero-order chi connectivity index (χ0) is 9.66. The Bertz CT molecular complexity index is 82.0. The number of nitrogens with one attached hydrogen (secondary N) is 2. The van der Waals surface area contributed by atoms with Gasteiger partial charge in [-0.05, 0) is 13.0 Å². The van der Waals surface area contributed by atoms with Crippen LogP contribution in [0.25, 0.3) is 0 Å². The predicted octanol–water partition coefficient (Wildman–Crippen LogP) is -0.965. The third-order valence-electron chi connectivity index (χ3n) is 1.23. The van der Waals surface area contributed by atoms with Crippen molar-refractivity contribution in [1.82, 2.24) is 10.6 Å². The van der Waals surface area contributed by atoms with Crippen LogP contribution in [0.15, 0.2) is 0 Å². The second kappa shape index (κ2) is 17.2. The van der Waals surface area contributed by atoms with Crippen LogP contribution in [0.2, 0.25) is 0 Å². The van der Waals surface area contributed by atoms with Crippen molar-refractivity contribution in [3.05, 3.63) is 0 Å². The first-order valence-electron chi connectivity index (χ1n) is 4.23. The summed E-state index contributed by atoms with van der Waals surface area (Å²) >= 11 is 0. The summed E-state index contributed by atoms with van der Waals surface area (Å²) in [5.41, 5.74) is 5.29. The molecule has 0 aromatic rings. The van der Waals surface area contributed by atoms with Crippen molar-refractivity contribution >= 4 is 9.98 Å². The van der Waals surface area contributed by atoms with E-state index < -0.39 is 0 Å². The molecule has 4 nitrogen and oxygen atoms in total. The van der Waals surface area contributed by atoms with Gasteiger partial charge in [-0.3, -0.25) is 0 Å². The first kappa shape index (κ1) is 14.6. The molecule has 0 aliphatic carbocycles. The summed E-state index contributed by atoms with van der Waals surface area (Å²) in [6, 6.07) is 0. The molecule has 0 unspecified atom stereocenters. The van der Waals surface area contributed by atoms with Gasteiger partial charge in [0.25, 0.3) is 0 Å². The Balaban J connectivity index is 0. The first-order chi connectivity index (χ1) is 5.91. The van der Waals surface area contributed by atoms with E-state index in [2.05, 4.69) is 17.6 Å². The van der Waals surface area contributed by atoms with Crippen molar-refractivity contribution < 1.29 is 4.30 Å². The second-order valence-electron chi connectivity index (χ2n) is 2.29. The van der Waals surface area contributed by atoms with Gasteiger partial charge in [0.15, 0.2) is 0 Å². The van der Waals surface area contributed by atoms with Crippen molar-refractivity contribution in [2.75, 3.05) is 32.7 Å². The average molecular weight is 189 g/mol. The molecule has 0 aliphatic heterocycles. The average Bonchev–Trinajstić information content (AvgIpc) is 2.15. The molecule has 0 atom stereocenters. The third-order valence-corrected chi connectivity index (χ3v) is 1.23. The van der Waals surface area contributed by atoms with E-state index >= 15 is 0 Å². The molecule has 0 amide bonds. The van der Waals surface area contributed by atoms with E-state index in [9.17, 15) is 0 Å². The van der Waals surface area contributed by atoms with Crippen LogP contribution in [0.4, 0.5) is 0 Å². The number of hydrogen-bond donors (Lipinski definition) is 3. The quantitative estimate of drug-likeness (QED) is 0.274. The SMILES string of the molecule is CCCNCCNCCN.[O+]#[Si-].